The van der Waals surface area contributed by atoms with Gasteiger partial charge in [0.25, 0.3) is 0 Å². The molecule has 2 rings (SSSR count). The van der Waals surface area contributed by atoms with E-state index in [1.165, 1.54) is 0 Å². The molecule has 0 bridgehead atoms. The van der Waals surface area contributed by atoms with Crippen LogP contribution < -0.4 is 10.5 Å². The maximum Gasteiger partial charge on any atom is 0.410 e. The lowest BCUT2D eigenvalue weighted by molar-refractivity contribution is 0.0186. The largest absolute Gasteiger partial charge is 0.494 e. The Bertz CT molecular complexity index is 632. The Morgan fingerprint density at radius 2 is 1.85 bits per heavy atom. The number of carbonyl (C=O) groups is 1. The van der Waals surface area contributed by atoms with Crippen LogP contribution in [0.2, 0.25) is 0 Å². The average molecular weight is 362 g/mol. The third-order valence-corrected chi connectivity index (χ3v) is 3.89. The van der Waals surface area contributed by atoms with Gasteiger partial charge in [-0.25, -0.2) is 9.79 Å². The number of nitrogens with zero attached hydrogens (tertiary/aromatic N) is 3. The number of rotatable bonds is 4. The van der Waals surface area contributed by atoms with Gasteiger partial charge in [0.15, 0.2) is 5.96 Å². The Morgan fingerprint density at radius 1 is 1.19 bits per heavy atom. The van der Waals surface area contributed by atoms with E-state index in [4.69, 9.17) is 15.2 Å². The van der Waals surface area contributed by atoms with E-state index in [0.717, 1.165) is 11.3 Å². The number of carbonyl (C=O) groups excluding carboxylic acids is 1. The van der Waals surface area contributed by atoms with Crippen LogP contribution in [0.5, 0.6) is 5.75 Å². The fourth-order valence-electron chi connectivity index (χ4n) is 2.62. The fraction of sp³-hybridized carbons (Fsp3) is 0.579. The van der Waals surface area contributed by atoms with E-state index in [2.05, 4.69) is 4.99 Å². The first-order valence-corrected chi connectivity index (χ1v) is 9.03. The lowest BCUT2D eigenvalue weighted by Gasteiger charge is -2.36. The summed E-state index contributed by atoms with van der Waals surface area (Å²) in [6.45, 7) is 11.1. The molecule has 1 aromatic rings. The van der Waals surface area contributed by atoms with Crippen molar-refractivity contribution in [1.82, 2.24) is 9.80 Å². The van der Waals surface area contributed by atoms with E-state index in [1.54, 1.807) is 4.90 Å². The number of ether oxygens (including phenoxy) is 2. The Kier molecular flexibility index (Phi) is 6.71. The highest BCUT2D eigenvalue weighted by atomic mass is 16.6. The van der Waals surface area contributed by atoms with E-state index in [-0.39, 0.29) is 6.09 Å². The minimum Gasteiger partial charge on any atom is -0.494 e. The average Bonchev–Trinajstić information content (AvgIpc) is 2.59. The Labute approximate surface area is 155 Å². The van der Waals surface area contributed by atoms with E-state index >= 15 is 0 Å². The molecule has 2 N–H and O–H groups in total. The fourth-order valence-corrected chi connectivity index (χ4v) is 2.62. The maximum absolute atomic E-state index is 12.1. The topological polar surface area (TPSA) is 80.4 Å². The molecule has 7 heteroatoms. The highest BCUT2D eigenvalue weighted by Gasteiger charge is 2.26. The molecule has 0 saturated carbocycles. The van der Waals surface area contributed by atoms with Crippen LogP contribution >= 0.6 is 0 Å². The third-order valence-electron chi connectivity index (χ3n) is 3.89. The monoisotopic (exact) mass is 362 g/mol. The summed E-state index contributed by atoms with van der Waals surface area (Å²) in [5.41, 5.74) is 6.69. The molecule has 0 atom stereocenters. The van der Waals surface area contributed by atoms with Gasteiger partial charge in [0.05, 0.1) is 13.2 Å². The van der Waals surface area contributed by atoms with Crippen LogP contribution in [0.1, 0.15) is 33.3 Å². The highest BCUT2D eigenvalue weighted by molar-refractivity contribution is 5.78. The molecule has 26 heavy (non-hydrogen) atoms. The van der Waals surface area contributed by atoms with Crippen molar-refractivity contribution in [3.63, 3.8) is 0 Å². The van der Waals surface area contributed by atoms with Gasteiger partial charge in [0, 0.05) is 26.2 Å². The van der Waals surface area contributed by atoms with Crippen LogP contribution in [0, 0.1) is 0 Å². The molecule has 0 radical (unpaired) electrons. The summed E-state index contributed by atoms with van der Waals surface area (Å²) >= 11 is 0. The van der Waals surface area contributed by atoms with Crippen molar-refractivity contribution in [2.45, 2.75) is 39.8 Å². The summed E-state index contributed by atoms with van der Waals surface area (Å²) in [5.74, 6) is 1.33. The molecule has 1 saturated heterocycles. The lowest BCUT2D eigenvalue weighted by Crippen LogP contribution is -2.53. The second-order valence-corrected chi connectivity index (χ2v) is 7.21. The zero-order valence-corrected chi connectivity index (χ0v) is 16.2. The van der Waals surface area contributed by atoms with Crippen LogP contribution in [0.25, 0.3) is 0 Å². The molecule has 1 aliphatic heterocycles. The number of nitrogens with two attached hydrogens (primary N) is 1. The van der Waals surface area contributed by atoms with Gasteiger partial charge in [0.1, 0.15) is 11.4 Å². The van der Waals surface area contributed by atoms with Gasteiger partial charge in [-0.1, -0.05) is 12.1 Å². The summed E-state index contributed by atoms with van der Waals surface area (Å²) in [6, 6.07) is 7.85. The smallest absolute Gasteiger partial charge is 0.410 e. The number of hydrogen-bond acceptors (Lipinski definition) is 4. The minimum absolute atomic E-state index is 0.277. The summed E-state index contributed by atoms with van der Waals surface area (Å²) in [4.78, 5) is 20.3. The van der Waals surface area contributed by atoms with Crippen molar-refractivity contribution in [3.05, 3.63) is 29.8 Å². The predicted octanol–water partition coefficient (Wildman–Crippen LogP) is 2.45. The number of hydrogen-bond donors (Lipinski definition) is 1. The van der Waals surface area contributed by atoms with Gasteiger partial charge in [-0.2, -0.15) is 0 Å². The number of aliphatic imine (C=N–C) groups is 1. The van der Waals surface area contributed by atoms with Crippen molar-refractivity contribution < 1.29 is 14.3 Å². The van der Waals surface area contributed by atoms with Crippen molar-refractivity contribution in [2.75, 3.05) is 32.8 Å². The van der Waals surface area contributed by atoms with Crippen molar-refractivity contribution in [1.29, 1.82) is 0 Å². The van der Waals surface area contributed by atoms with Crippen LogP contribution in [-0.4, -0.2) is 60.2 Å². The Balaban J connectivity index is 1.85. The molecule has 144 valence electrons. The second kappa shape index (κ2) is 8.78. The van der Waals surface area contributed by atoms with Crippen LogP contribution in [0.3, 0.4) is 0 Å². The zero-order valence-electron chi connectivity index (χ0n) is 16.2. The van der Waals surface area contributed by atoms with Crippen LogP contribution in [0.15, 0.2) is 29.3 Å². The van der Waals surface area contributed by atoms with E-state index < -0.39 is 5.60 Å². The second-order valence-electron chi connectivity index (χ2n) is 7.21. The number of amides is 1. The normalized spacial score (nSPS) is 15.8. The molecule has 1 heterocycles. The van der Waals surface area contributed by atoms with Gasteiger partial charge in [0.2, 0.25) is 0 Å². The zero-order chi connectivity index (χ0) is 19.2. The molecular formula is C19H30N4O3. The molecule has 1 fully saturated rings. The number of benzene rings is 1. The first-order chi connectivity index (χ1) is 12.3. The van der Waals surface area contributed by atoms with E-state index in [0.29, 0.717) is 45.3 Å². The standard InChI is InChI=1S/C19H30N4O3/c1-5-25-16-8-6-7-15(13-16)14-21-17(20)22-9-11-23(12-10-22)18(24)26-19(2,3)4/h6-8,13H,5,9-12,14H2,1-4H3,(H2,20,21). The van der Waals surface area contributed by atoms with Crippen molar-refractivity contribution in [3.8, 4) is 5.75 Å². The summed E-state index contributed by atoms with van der Waals surface area (Å²) in [5, 5.41) is 0. The van der Waals surface area contributed by atoms with Gasteiger partial charge < -0.3 is 25.0 Å². The van der Waals surface area contributed by atoms with E-state index in [1.807, 2.05) is 56.9 Å². The van der Waals surface area contributed by atoms with Gasteiger partial charge in [-0.15, -0.1) is 0 Å². The van der Waals surface area contributed by atoms with Gasteiger partial charge >= 0.3 is 6.09 Å². The summed E-state index contributed by atoms with van der Waals surface area (Å²) < 4.78 is 10.9. The van der Waals surface area contributed by atoms with Crippen molar-refractivity contribution >= 4 is 12.1 Å². The van der Waals surface area contributed by atoms with Crippen LogP contribution in [-0.2, 0) is 11.3 Å². The first kappa shape index (κ1) is 19.9. The molecule has 0 aromatic heterocycles. The van der Waals surface area contributed by atoms with Gasteiger partial charge in [-0.3, -0.25) is 0 Å². The lowest BCUT2D eigenvalue weighted by atomic mass is 10.2. The molecular weight excluding hydrogens is 332 g/mol. The minimum atomic E-state index is -0.481. The Hall–Kier alpha value is -2.44. The molecule has 0 unspecified atom stereocenters. The van der Waals surface area contributed by atoms with Crippen LogP contribution in [0.4, 0.5) is 4.79 Å². The molecule has 1 aliphatic rings. The highest BCUT2D eigenvalue weighted by Crippen LogP contribution is 2.15. The SMILES string of the molecule is CCOc1cccc(CN=C(N)N2CCN(C(=O)OC(C)(C)C)CC2)c1. The number of guanidine groups is 1. The summed E-state index contributed by atoms with van der Waals surface area (Å²) in [7, 11) is 0. The molecule has 1 aromatic carbocycles. The Morgan fingerprint density at radius 3 is 2.46 bits per heavy atom. The molecule has 1 amide bonds. The van der Waals surface area contributed by atoms with Gasteiger partial charge in [-0.05, 0) is 45.4 Å². The molecule has 0 aliphatic carbocycles. The predicted molar refractivity (Wildman–Crippen MR) is 102 cm³/mol. The maximum atomic E-state index is 12.1. The van der Waals surface area contributed by atoms with Crippen molar-refractivity contribution in [2.24, 2.45) is 10.7 Å². The molecule has 7 nitrogen and oxygen atoms in total. The quantitative estimate of drug-likeness (QED) is 0.657. The van der Waals surface area contributed by atoms with E-state index in [9.17, 15) is 4.79 Å². The summed E-state index contributed by atoms with van der Waals surface area (Å²) in [6.07, 6.45) is -0.277. The third kappa shape index (κ3) is 6.13. The first-order valence-electron chi connectivity index (χ1n) is 9.03. The molecule has 0 spiro atoms. The number of piperazine rings is 1.